The SMILES string of the molecule is C[C@@]1(c2ccccc2)C[C@@H](c2ccccc2)N(c2ccccc2)O1. The maximum absolute atomic E-state index is 6.52. The van der Waals surface area contributed by atoms with Gasteiger partial charge in [0.2, 0.25) is 0 Å². The minimum absolute atomic E-state index is 0.193. The number of para-hydroxylation sites is 1. The Bertz CT molecular complexity index is 738. The molecule has 3 aromatic carbocycles. The van der Waals surface area contributed by atoms with Crippen LogP contribution in [-0.4, -0.2) is 0 Å². The highest BCUT2D eigenvalue weighted by Gasteiger charge is 2.44. The first kappa shape index (κ1) is 15.0. The van der Waals surface area contributed by atoms with Crippen LogP contribution < -0.4 is 5.06 Å². The Kier molecular flexibility index (Phi) is 3.83. The summed E-state index contributed by atoms with van der Waals surface area (Å²) in [5, 5.41) is 2.07. The van der Waals surface area contributed by atoms with Crippen LogP contribution in [0.5, 0.6) is 0 Å². The van der Waals surface area contributed by atoms with Gasteiger partial charge in [-0.05, 0) is 30.2 Å². The molecular weight excluding hydrogens is 294 g/mol. The predicted molar refractivity (Wildman–Crippen MR) is 97.6 cm³/mol. The van der Waals surface area contributed by atoms with Crippen LogP contribution in [0.4, 0.5) is 5.69 Å². The van der Waals surface area contributed by atoms with Crippen molar-refractivity contribution in [2.24, 2.45) is 0 Å². The molecular formula is C22H21NO. The number of nitrogens with zero attached hydrogens (tertiary/aromatic N) is 1. The molecule has 120 valence electrons. The summed E-state index contributed by atoms with van der Waals surface area (Å²) < 4.78 is 0. The van der Waals surface area contributed by atoms with E-state index in [9.17, 15) is 0 Å². The van der Waals surface area contributed by atoms with Gasteiger partial charge in [-0.25, -0.2) is 5.06 Å². The fourth-order valence-corrected chi connectivity index (χ4v) is 3.47. The first-order chi connectivity index (χ1) is 11.8. The fraction of sp³-hybridized carbons (Fsp3) is 0.182. The summed E-state index contributed by atoms with van der Waals surface area (Å²) in [5.74, 6) is 0. The van der Waals surface area contributed by atoms with E-state index in [0.717, 1.165) is 12.1 Å². The summed E-state index contributed by atoms with van der Waals surface area (Å²) in [6.07, 6.45) is 0.913. The molecule has 2 heteroatoms. The number of anilines is 1. The molecule has 0 radical (unpaired) electrons. The third-order valence-corrected chi connectivity index (χ3v) is 4.75. The van der Waals surface area contributed by atoms with Gasteiger partial charge >= 0.3 is 0 Å². The molecule has 3 aromatic rings. The fourth-order valence-electron chi connectivity index (χ4n) is 3.47. The summed E-state index contributed by atoms with van der Waals surface area (Å²) in [4.78, 5) is 6.52. The van der Waals surface area contributed by atoms with Crippen LogP contribution in [0.3, 0.4) is 0 Å². The molecule has 0 saturated carbocycles. The van der Waals surface area contributed by atoms with Crippen molar-refractivity contribution < 1.29 is 4.84 Å². The molecule has 0 unspecified atom stereocenters. The van der Waals surface area contributed by atoms with E-state index in [-0.39, 0.29) is 11.6 Å². The maximum atomic E-state index is 6.52. The van der Waals surface area contributed by atoms with E-state index in [2.05, 4.69) is 90.8 Å². The van der Waals surface area contributed by atoms with E-state index in [4.69, 9.17) is 4.84 Å². The van der Waals surface area contributed by atoms with Crippen LogP contribution in [-0.2, 0) is 10.4 Å². The molecule has 0 spiro atoms. The first-order valence-corrected chi connectivity index (χ1v) is 8.40. The highest BCUT2D eigenvalue weighted by molar-refractivity contribution is 5.48. The van der Waals surface area contributed by atoms with Crippen LogP contribution in [0.15, 0.2) is 91.0 Å². The van der Waals surface area contributed by atoms with Crippen molar-refractivity contribution in [2.45, 2.75) is 25.0 Å². The van der Waals surface area contributed by atoms with Crippen molar-refractivity contribution in [3.05, 3.63) is 102 Å². The minimum Gasteiger partial charge on any atom is -0.262 e. The third-order valence-electron chi connectivity index (χ3n) is 4.75. The molecule has 2 nitrogen and oxygen atoms in total. The normalized spacial score (nSPS) is 23.4. The van der Waals surface area contributed by atoms with Crippen LogP contribution >= 0.6 is 0 Å². The molecule has 0 aromatic heterocycles. The molecule has 24 heavy (non-hydrogen) atoms. The lowest BCUT2D eigenvalue weighted by Crippen LogP contribution is -2.25. The van der Waals surface area contributed by atoms with Crippen LogP contribution in [0.2, 0.25) is 0 Å². The molecule has 1 saturated heterocycles. The molecule has 1 heterocycles. The van der Waals surface area contributed by atoms with Crippen LogP contribution in [0, 0.1) is 0 Å². The molecule has 0 aliphatic carbocycles. The molecule has 2 atom stereocenters. The predicted octanol–water partition coefficient (Wildman–Crippen LogP) is 5.49. The van der Waals surface area contributed by atoms with Gasteiger partial charge in [-0.1, -0.05) is 78.9 Å². The summed E-state index contributed by atoms with van der Waals surface area (Å²) in [6.45, 7) is 2.18. The lowest BCUT2D eigenvalue weighted by molar-refractivity contribution is -0.00264. The van der Waals surface area contributed by atoms with E-state index in [0.29, 0.717) is 0 Å². The smallest absolute Gasteiger partial charge is 0.121 e. The molecule has 1 fully saturated rings. The Labute approximate surface area is 143 Å². The van der Waals surface area contributed by atoms with E-state index in [1.807, 2.05) is 12.1 Å². The van der Waals surface area contributed by atoms with Gasteiger partial charge in [0.15, 0.2) is 0 Å². The van der Waals surface area contributed by atoms with Crippen molar-refractivity contribution in [1.29, 1.82) is 0 Å². The van der Waals surface area contributed by atoms with Gasteiger partial charge in [-0.15, -0.1) is 0 Å². The summed E-state index contributed by atoms with van der Waals surface area (Å²) >= 11 is 0. The van der Waals surface area contributed by atoms with Gasteiger partial charge < -0.3 is 0 Å². The highest BCUT2D eigenvalue weighted by Crippen LogP contribution is 2.47. The van der Waals surface area contributed by atoms with Crippen molar-refractivity contribution in [1.82, 2.24) is 0 Å². The number of rotatable bonds is 3. The van der Waals surface area contributed by atoms with Crippen molar-refractivity contribution in [3.8, 4) is 0 Å². The average molecular weight is 315 g/mol. The molecule has 1 aliphatic heterocycles. The van der Waals surface area contributed by atoms with Gasteiger partial charge in [0.05, 0.1) is 11.7 Å². The Morgan fingerprint density at radius 3 is 1.96 bits per heavy atom. The van der Waals surface area contributed by atoms with E-state index in [1.54, 1.807) is 0 Å². The first-order valence-electron chi connectivity index (χ1n) is 8.40. The second kappa shape index (κ2) is 6.14. The number of hydrogen-bond acceptors (Lipinski definition) is 2. The standard InChI is InChI=1S/C22H21NO/c1-22(19-13-7-3-8-14-19)17-21(18-11-5-2-6-12-18)23(24-22)20-15-9-4-10-16-20/h2-16,21H,17H2,1H3/t21-,22-/m0/s1. The third kappa shape index (κ3) is 2.70. The molecule has 0 N–H and O–H groups in total. The Morgan fingerprint density at radius 2 is 1.33 bits per heavy atom. The Balaban J connectivity index is 1.76. The number of hydroxylamine groups is 1. The van der Waals surface area contributed by atoms with Gasteiger partial charge in [0.25, 0.3) is 0 Å². The van der Waals surface area contributed by atoms with E-state index < -0.39 is 0 Å². The second-order valence-corrected chi connectivity index (χ2v) is 6.48. The molecule has 0 bridgehead atoms. The Morgan fingerprint density at radius 1 is 0.792 bits per heavy atom. The zero-order chi connectivity index (χ0) is 16.4. The van der Waals surface area contributed by atoms with Gasteiger partial charge in [0.1, 0.15) is 5.60 Å². The quantitative estimate of drug-likeness (QED) is 0.634. The Hall–Kier alpha value is -2.58. The number of benzene rings is 3. The molecule has 4 rings (SSSR count). The van der Waals surface area contributed by atoms with Crippen molar-refractivity contribution in [2.75, 3.05) is 5.06 Å². The van der Waals surface area contributed by atoms with E-state index in [1.165, 1.54) is 11.1 Å². The van der Waals surface area contributed by atoms with Gasteiger partial charge in [-0.3, -0.25) is 4.84 Å². The largest absolute Gasteiger partial charge is 0.262 e. The van der Waals surface area contributed by atoms with Gasteiger partial charge in [-0.2, -0.15) is 0 Å². The van der Waals surface area contributed by atoms with Crippen LogP contribution in [0.1, 0.15) is 30.5 Å². The highest BCUT2D eigenvalue weighted by atomic mass is 16.7. The van der Waals surface area contributed by atoms with E-state index >= 15 is 0 Å². The lowest BCUT2D eigenvalue weighted by Gasteiger charge is -2.27. The maximum Gasteiger partial charge on any atom is 0.121 e. The lowest BCUT2D eigenvalue weighted by atomic mass is 9.88. The van der Waals surface area contributed by atoms with Crippen molar-refractivity contribution in [3.63, 3.8) is 0 Å². The second-order valence-electron chi connectivity index (χ2n) is 6.48. The molecule has 1 aliphatic rings. The molecule has 0 amide bonds. The van der Waals surface area contributed by atoms with Gasteiger partial charge in [0, 0.05) is 6.42 Å². The average Bonchev–Trinajstić information content (AvgIpc) is 3.03. The van der Waals surface area contributed by atoms with Crippen molar-refractivity contribution >= 4 is 5.69 Å². The summed E-state index contributed by atoms with van der Waals surface area (Å²) in [7, 11) is 0. The summed E-state index contributed by atoms with van der Waals surface area (Å²) in [6, 6.07) is 31.7. The monoisotopic (exact) mass is 315 g/mol. The number of hydrogen-bond donors (Lipinski definition) is 0. The topological polar surface area (TPSA) is 12.5 Å². The summed E-state index contributed by atoms with van der Waals surface area (Å²) in [5.41, 5.74) is 3.24. The zero-order valence-electron chi connectivity index (χ0n) is 13.8. The minimum atomic E-state index is -0.336. The zero-order valence-corrected chi connectivity index (χ0v) is 13.8. The van der Waals surface area contributed by atoms with Crippen LogP contribution in [0.25, 0.3) is 0 Å².